The summed E-state index contributed by atoms with van der Waals surface area (Å²) in [5, 5.41) is 13.1. The van der Waals surface area contributed by atoms with E-state index in [4.69, 9.17) is 0 Å². The van der Waals surface area contributed by atoms with Gasteiger partial charge < -0.3 is 9.67 Å². The zero-order valence-electron chi connectivity index (χ0n) is 12.9. The maximum Gasteiger partial charge on any atom is 0.0946 e. The number of nitrogens with zero attached hydrogens (tertiary/aromatic N) is 2. The fraction of sp³-hybridized carbons (Fsp3) is 0.211. The van der Waals surface area contributed by atoms with Crippen molar-refractivity contribution in [3.05, 3.63) is 66.7 Å². The van der Waals surface area contributed by atoms with Crippen LogP contribution >= 0.6 is 11.3 Å². The molecule has 4 rings (SSSR count). The van der Waals surface area contributed by atoms with Gasteiger partial charge in [-0.3, -0.25) is 0 Å². The number of rotatable bonds is 4. The second-order valence-corrected chi connectivity index (χ2v) is 7.05. The Morgan fingerprint density at radius 3 is 2.78 bits per heavy atom. The summed E-state index contributed by atoms with van der Waals surface area (Å²) >= 11 is 1.82. The molecule has 2 unspecified atom stereocenters. The highest BCUT2D eigenvalue weighted by Crippen LogP contribution is 2.35. The Balaban J connectivity index is 1.69. The van der Waals surface area contributed by atoms with Crippen molar-refractivity contribution in [3.8, 4) is 0 Å². The van der Waals surface area contributed by atoms with Gasteiger partial charge in [0.05, 0.1) is 19.0 Å². The Kier molecular flexibility index (Phi) is 3.63. The topological polar surface area (TPSA) is 38.0 Å². The zero-order valence-corrected chi connectivity index (χ0v) is 13.7. The molecule has 2 aromatic heterocycles. The van der Waals surface area contributed by atoms with Gasteiger partial charge in [0.1, 0.15) is 0 Å². The Bertz CT molecular complexity index is 942. The van der Waals surface area contributed by atoms with E-state index in [1.165, 1.54) is 25.7 Å². The van der Waals surface area contributed by atoms with E-state index in [1.807, 2.05) is 22.1 Å². The quantitative estimate of drug-likeness (QED) is 0.604. The molecule has 0 spiro atoms. The molecule has 0 amide bonds. The smallest absolute Gasteiger partial charge is 0.0946 e. The summed E-state index contributed by atoms with van der Waals surface area (Å²) in [6.07, 6.45) is 4.92. The second kappa shape index (κ2) is 5.80. The van der Waals surface area contributed by atoms with Crippen molar-refractivity contribution < 1.29 is 5.11 Å². The maximum absolute atomic E-state index is 10.5. The minimum absolute atomic E-state index is 0.0699. The van der Waals surface area contributed by atoms with Crippen molar-refractivity contribution in [2.24, 2.45) is 0 Å². The van der Waals surface area contributed by atoms with Gasteiger partial charge in [0, 0.05) is 38.5 Å². The lowest BCUT2D eigenvalue weighted by molar-refractivity contribution is 0.130. The summed E-state index contributed by atoms with van der Waals surface area (Å²) in [6, 6.07) is 15.0. The summed E-state index contributed by atoms with van der Waals surface area (Å²) in [5.74, 6) is 0.0699. The number of thiophene rings is 1. The molecule has 2 heterocycles. The number of aromatic nitrogens is 2. The molecule has 0 saturated carbocycles. The van der Waals surface area contributed by atoms with Gasteiger partial charge in [-0.1, -0.05) is 31.2 Å². The van der Waals surface area contributed by atoms with Crippen LogP contribution in [-0.4, -0.2) is 20.8 Å². The first-order valence-corrected chi connectivity index (χ1v) is 8.59. The molecule has 1 N–H and O–H groups in total. The number of benzene rings is 2. The SMILES string of the molecule is CC(c1ccc2sc3ccccc3c2c1)C(O)Cn1ccnc1. The lowest BCUT2D eigenvalue weighted by Crippen LogP contribution is -2.21. The minimum Gasteiger partial charge on any atom is -0.391 e. The van der Waals surface area contributed by atoms with Gasteiger partial charge in [0.25, 0.3) is 0 Å². The van der Waals surface area contributed by atoms with E-state index < -0.39 is 6.10 Å². The van der Waals surface area contributed by atoms with E-state index in [-0.39, 0.29) is 5.92 Å². The molecular formula is C19H18N2OS. The first-order chi connectivity index (χ1) is 11.2. The highest BCUT2D eigenvalue weighted by molar-refractivity contribution is 7.25. The Morgan fingerprint density at radius 1 is 1.13 bits per heavy atom. The largest absolute Gasteiger partial charge is 0.391 e. The normalized spacial score (nSPS) is 14.3. The van der Waals surface area contributed by atoms with Crippen LogP contribution in [0, 0.1) is 0 Å². The summed E-state index contributed by atoms with van der Waals surface area (Å²) in [5.41, 5.74) is 1.17. The lowest BCUT2D eigenvalue weighted by Gasteiger charge is -2.19. The molecule has 4 aromatic rings. The Labute approximate surface area is 138 Å². The van der Waals surface area contributed by atoms with E-state index in [2.05, 4.69) is 54.4 Å². The molecular weight excluding hydrogens is 304 g/mol. The third kappa shape index (κ3) is 2.64. The molecule has 0 radical (unpaired) electrons. The predicted octanol–water partition coefficient (Wildman–Crippen LogP) is 4.42. The van der Waals surface area contributed by atoms with Crippen molar-refractivity contribution >= 4 is 31.5 Å². The van der Waals surface area contributed by atoms with Crippen LogP contribution in [0.25, 0.3) is 20.2 Å². The van der Waals surface area contributed by atoms with Gasteiger partial charge >= 0.3 is 0 Å². The lowest BCUT2D eigenvalue weighted by atomic mass is 9.94. The van der Waals surface area contributed by atoms with Gasteiger partial charge in [-0.15, -0.1) is 11.3 Å². The first-order valence-electron chi connectivity index (χ1n) is 7.77. The Morgan fingerprint density at radius 2 is 1.96 bits per heavy atom. The van der Waals surface area contributed by atoms with E-state index in [0.717, 1.165) is 0 Å². The minimum atomic E-state index is -0.438. The Hall–Kier alpha value is -2.17. The van der Waals surface area contributed by atoms with Gasteiger partial charge in [-0.05, 0) is 23.8 Å². The van der Waals surface area contributed by atoms with E-state index in [1.54, 1.807) is 12.5 Å². The molecule has 3 nitrogen and oxygen atoms in total. The number of hydrogen-bond acceptors (Lipinski definition) is 3. The van der Waals surface area contributed by atoms with Crippen LogP contribution in [0.3, 0.4) is 0 Å². The van der Waals surface area contributed by atoms with Crippen LogP contribution in [0.15, 0.2) is 61.2 Å². The average molecular weight is 322 g/mol. The molecule has 0 saturated heterocycles. The molecule has 0 bridgehead atoms. The van der Waals surface area contributed by atoms with Crippen LogP contribution in [0.1, 0.15) is 18.4 Å². The predicted molar refractivity (Wildman–Crippen MR) is 96.0 cm³/mol. The summed E-state index contributed by atoms with van der Waals surface area (Å²) in [6.45, 7) is 2.64. The molecule has 4 heteroatoms. The van der Waals surface area contributed by atoms with Gasteiger partial charge in [-0.2, -0.15) is 0 Å². The third-order valence-corrected chi connectivity index (χ3v) is 5.61. The monoisotopic (exact) mass is 322 g/mol. The highest BCUT2D eigenvalue weighted by atomic mass is 32.1. The molecule has 0 fully saturated rings. The molecule has 116 valence electrons. The summed E-state index contributed by atoms with van der Waals surface area (Å²) in [7, 11) is 0. The molecule has 0 aliphatic carbocycles. The van der Waals surface area contributed by atoms with Crippen molar-refractivity contribution in [1.29, 1.82) is 0 Å². The molecule has 0 aliphatic rings. The van der Waals surface area contributed by atoms with Crippen molar-refractivity contribution in [3.63, 3.8) is 0 Å². The number of imidazole rings is 1. The van der Waals surface area contributed by atoms with Crippen LogP contribution in [0.2, 0.25) is 0 Å². The number of fused-ring (bicyclic) bond motifs is 3. The van der Waals surface area contributed by atoms with Crippen LogP contribution in [0.5, 0.6) is 0 Å². The molecule has 2 aromatic carbocycles. The van der Waals surface area contributed by atoms with Crippen LogP contribution in [-0.2, 0) is 6.54 Å². The number of aliphatic hydroxyl groups is 1. The number of aliphatic hydroxyl groups excluding tert-OH is 1. The molecule has 2 atom stereocenters. The van der Waals surface area contributed by atoms with Gasteiger partial charge in [0.2, 0.25) is 0 Å². The average Bonchev–Trinajstić information content (AvgIpc) is 3.20. The van der Waals surface area contributed by atoms with Crippen molar-refractivity contribution in [2.75, 3.05) is 0 Å². The maximum atomic E-state index is 10.5. The highest BCUT2D eigenvalue weighted by Gasteiger charge is 2.18. The van der Waals surface area contributed by atoms with Crippen LogP contribution in [0.4, 0.5) is 0 Å². The fourth-order valence-electron chi connectivity index (χ4n) is 3.02. The second-order valence-electron chi connectivity index (χ2n) is 5.97. The standard InChI is InChI=1S/C19H18N2OS/c1-13(17(22)11-21-9-8-20-12-21)14-6-7-19-16(10-14)15-4-2-3-5-18(15)23-19/h2-10,12-13,17,22H,11H2,1H3. The molecule has 23 heavy (non-hydrogen) atoms. The summed E-state index contributed by atoms with van der Waals surface area (Å²) in [4.78, 5) is 4.03. The molecule has 0 aliphatic heterocycles. The number of hydrogen-bond donors (Lipinski definition) is 1. The van der Waals surface area contributed by atoms with E-state index in [9.17, 15) is 5.11 Å². The zero-order chi connectivity index (χ0) is 15.8. The van der Waals surface area contributed by atoms with E-state index in [0.29, 0.717) is 6.54 Å². The van der Waals surface area contributed by atoms with Crippen molar-refractivity contribution in [1.82, 2.24) is 9.55 Å². The summed E-state index contributed by atoms with van der Waals surface area (Å²) < 4.78 is 4.53. The fourth-order valence-corrected chi connectivity index (χ4v) is 4.10. The van der Waals surface area contributed by atoms with Gasteiger partial charge in [0.15, 0.2) is 0 Å². The van der Waals surface area contributed by atoms with E-state index >= 15 is 0 Å². The third-order valence-electron chi connectivity index (χ3n) is 4.46. The van der Waals surface area contributed by atoms with Gasteiger partial charge in [-0.25, -0.2) is 4.98 Å². The first kappa shape index (κ1) is 14.4. The van der Waals surface area contributed by atoms with Crippen LogP contribution < -0.4 is 0 Å². The van der Waals surface area contributed by atoms with Crippen molar-refractivity contribution in [2.45, 2.75) is 25.5 Å².